The van der Waals surface area contributed by atoms with Gasteiger partial charge < -0.3 is 10.7 Å². The zero-order valence-electron chi connectivity index (χ0n) is 10.3. The van der Waals surface area contributed by atoms with Crippen molar-refractivity contribution in [2.75, 3.05) is 10.7 Å². The van der Waals surface area contributed by atoms with E-state index < -0.39 is 11.7 Å². The Morgan fingerprint density at radius 1 is 1.29 bits per heavy atom. The van der Waals surface area contributed by atoms with Gasteiger partial charge in [0, 0.05) is 16.4 Å². The van der Waals surface area contributed by atoms with Gasteiger partial charge in [-0.05, 0) is 34.1 Å². The van der Waals surface area contributed by atoms with E-state index in [0.717, 1.165) is 0 Å². The second kappa shape index (κ2) is 6.57. The number of nitrogens with two attached hydrogens (primary N) is 1. The first kappa shape index (κ1) is 16.0. The molecular weight excluding hydrogens is 386 g/mol. The zero-order chi connectivity index (χ0) is 15.6. The summed E-state index contributed by atoms with van der Waals surface area (Å²) < 4.78 is 13.9. The number of rotatable bonds is 3. The minimum Gasteiger partial charge on any atom is -0.322 e. The van der Waals surface area contributed by atoms with Crippen LogP contribution in [0.1, 0.15) is 10.4 Å². The topological polar surface area (TPSA) is 80.0 Å². The van der Waals surface area contributed by atoms with E-state index >= 15 is 0 Å². The lowest BCUT2D eigenvalue weighted by Crippen LogP contribution is -2.18. The highest BCUT2D eigenvalue weighted by atomic mass is 79.9. The Labute approximate surface area is 137 Å². The molecule has 0 atom stereocenters. The number of benzene rings is 1. The Kier molecular flexibility index (Phi) is 5.00. The Morgan fingerprint density at radius 3 is 2.48 bits per heavy atom. The van der Waals surface area contributed by atoms with Crippen LogP contribution in [0.2, 0.25) is 10.0 Å². The maximum atomic E-state index is 13.3. The molecule has 0 radical (unpaired) electrons. The predicted molar refractivity (Wildman–Crippen MR) is 84.1 cm³/mol. The fraction of sp³-hybridized carbons (Fsp3) is 0. The molecule has 0 fully saturated rings. The maximum absolute atomic E-state index is 13.3. The Hall–Kier alpha value is -1.41. The van der Waals surface area contributed by atoms with E-state index in [0.29, 0.717) is 4.47 Å². The van der Waals surface area contributed by atoms with Gasteiger partial charge in [0.15, 0.2) is 11.6 Å². The van der Waals surface area contributed by atoms with E-state index in [1.165, 1.54) is 24.4 Å². The van der Waals surface area contributed by atoms with Crippen LogP contribution in [0.3, 0.4) is 0 Å². The molecule has 0 aliphatic rings. The van der Waals surface area contributed by atoms with Crippen molar-refractivity contribution in [2.45, 2.75) is 0 Å². The highest BCUT2D eigenvalue weighted by molar-refractivity contribution is 9.10. The molecule has 2 rings (SSSR count). The molecule has 4 N–H and O–H groups in total. The number of carbonyl (C=O) groups excluding carboxylic acids is 1. The number of pyridine rings is 1. The minimum atomic E-state index is -0.746. The fourth-order valence-corrected chi connectivity index (χ4v) is 2.37. The molecular formula is C12H8BrCl2FN4O. The Bertz CT molecular complexity index is 691. The Morgan fingerprint density at radius 2 is 1.90 bits per heavy atom. The standard InChI is InChI=1S/C12H8BrCl2FN4O/c13-5-1-7(11(20-17)18-4-5)12(21)19-6-2-8(14)10(16)9(15)3-6/h1-4H,17H2,(H,18,20)(H,19,21). The number of carbonyl (C=O) groups is 1. The van der Waals surface area contributed by atoms with Gasteiger partial charge in [-0.25, -0.2) is 15.2 Å². The van der Waals surface area contributed by atoms with Gasteiger partial charge >= 0.3 is 0 Å². The first-order chi connectivity index (χ1) is 9.92. The smallest absolute Gasteiger partial charge is 0.259 e. The van der Waals surface area contributed by atoms with Crippen LogP contribution in [0.15, 0.2) is 28.9 Å². The first-order valence-corrected chi connectivity index (χ1v) is 7.05. The summed E-state index contributed by atoms with van der Waals surface area (Å²) in [6.07, 6.45) is 1.48. The summed E-state index contributed by atoms with van der Waals surface area (Å²) in [5.41, 5.74) is 2.76. The third kappa shape index (κ3) is 3.62. The van der Waals surface area contributed by atoms with Gasteiger partial charge in [-0.15, -0.1) is 0 Å². The van der Waals surface area contributed by atoms with Gasteiger partial charge in [-0.2, -0.15) is 0 Å². The largest absolute Gasteiger partial charge is 0.322 e. The van der Waals surface area contributed by atoms with Crippen LogP contribution >= 0.6 is 39.1 Å². The number of nitrogen functional groups attached to an aromatic ring is 1. The van der Waals surface area contributed by atoms with Gasteiger partial charge in [0.2, 0.25) is 0 Å². The molecule has 1 heterocycles. The number of anilines is 2. The van der Waals surface area contributed by atoms with Crippen LogP contribution in [-0.2, 0) is 0 Å². The average Bonchev–Trinajstić information content (AvgIpc) is 2.44. The number of aromatic nitrogens is 1. The number of hydrazine groups is 1. The van der Waals surface area contributed by atoms with Crippen LogP contribution in [-0.4, -0.2) is 10.9 Å². The third-order valence-corrected chi connectivity index (χ3v) is 3.46. The molecule has 1 amide bonds. The molecule has 2 aromatic rings. The van der Waals surface area contributed by atoms with E-state index in [9.17, 15) is 9.18 Å². The second-order valence-corrected chi connectivity index (χ2v) is 5.63. The van der Waals surface area contributed by atoms with E-state index in [1.54, 1.807) is 0 Å². The van der Waals surface area contributed by atoms with Crippen LogP contribution in [0.4, 0.5) is 15.9 Å². The Balaban J connectivity index is 2.32. The molecule has 0 aliphatic heterocycles. The summed E-state index contributed by atoms with van der Waals surface area (Å²) in [6, 6.07) is 4.04. The van der Waals surface area contributed by atoms with Gasteiger partial charge in [0.25, 0.3) is 5.91 Å². The molecule has 1 aromatic carbocycles. The monoisotopic (exact) mass is 392 g/mol. The summed E-state index contributed by atoms with van der Waals surface area (Å²) in [7, 11) is 0. The van der Waals surface area contributed by atoms with Gasteiger partial charge in [-0.3, -0.25) is 4.79 Å². The molecule has 0 spiro atoms. The normalized spacial score (nSPS) is 10.3. The van der Waals surface area contributed by atoms with Gasteiger partial charge in [0.1, 0.15) is 0 Å². The molecule has 0 saturated carbocycles. The second-order valence-electron chi connectivity index (χ2n) is 3.90. The molecule has 0 aliphatic carbocycles. The molecule has 0 saturated heterocycles. The van der Waals surface area contributed by atoms with Crippen molar-refractivity contribution in [2.24, 2.45) is 5.84 Å². The number of halogens is 4. The summed E-state index contributed by atoms with van der Waals surface area (Å²) in [6.45, 7) is 0. The molecule has 0 unspecified atom stereocenters. The maximum Gasteiger partial charge on any atom is 0.259 e. The van der Waals surface area contributed by atoms with Crippen molar-refractivity contribution in [1.29, 1.82) is 0 Å². The fourth-order valence-electron chi connectivity index (χ4n) is 1.55. The van der Waals surface area contributed by atoms with Crippen molar-refractivity contribution in [1.82, 2.24) is 4.98 Å². The van der Waals surface area contributed by atoms with Gasteiger partial charge in [0.05, 0.1) is 15.6 Å². The molecule has 5 nitrogen and oxygen atoms in total. The number of nitrogens with zero attached hydrogens (tertiary/aromatic N) is 1. The highest BCUT2D eigenvalue weighted by Crippen LogP contribution is 2.28. The van der Waals surface area contributed by atoms with Crippen LogP contribution in [0.25, 0.3) is 0 Å². The number of nitrogens with one attached hydrogen (secondary N) is 2. The van der Waals surface area contributed by atoms with Crippen molar-refractivity contribution >= 4 is 56.5 Å². The lowest BCUT2D eigenvalue weighted by atomic mass is 10.2. The highest BCUT2D eigenvalue weighted by Gasteiger charge is 2.15. The zero-order valence-corrected chi connectivity index (χ0v) is 13.4. The van der Waals surface area contributed by atoms with Gasteiger partial charge in [-0.1, -0.05) is 23.2 Å². The number of hydrogen-bond donors (Lipinski definition) is 3. The van der Waals surface area contributed by atoms with Crippen LogP contribution in [0.5, 0.6) is 0 Å². The SMILES string of the molecule is NNc1ncc(Br)cc1C(=O)Nc1cc(Cl)c(F)c(Cl)c1. The lowest BCUT2D eigenvalue weighted by Gasteiger charge is -2.10. The summed E-state index contributed by atoms with van der Waals surface area (Å²) in [5, 5.41) is 2.15. The first-order valence-electron chi connectivity index (χ1n) is 5.50. The van der Waals surface area contributed by atoms with E-state index in [2.05, 4.69) is 31.7 Å². The minimum absolute atomic E-state index is 0.190. The summed E-state index contributed by atoms with van der Waals surface area (Å²) in [5.74, 6) is 4.24. The summed E-state index contributed by atoms with van der Waals surface area (Å²) in [4.78, 5) is 16.2. The average molecular weight is 394 g/mol. The van der Waals surface area contributed by atoms with Crippen LogP contribution < -0.4 is 16.6 Å². The molecule has 9 heteroatoms. The van der Waals surface area contributed by atoms with E-state index in [-0.39, 0.29) is 27.1 Å². The molecule has 21 heavy (non-hydrogen) atoms. The van der Waals surface area contributed by atoms with E-state index in [1.807, 2.05) is 0 Å². The van der Waals surface area contributed by atoms with Crippen molar-refractivity contribution in [3.63, 3.8) is 0 Å². The predicted octanol–water partition coefficient (Wildman–Crippen LogP) is 3.83. The van der Waals surface area contributed by atoms with Crippen molar-refractivity contribution in [3.8, 4) is 0 Å². The quantitative estimate of drug-likeness (QED) is 0.420. The van der Waals surface area contributed by atoms with Crippen molar-refractivity contribution in [3.05, 3.63) is 50.3 Å². The number of amides is 1. The van der Waals surface area contributed by atoms with E-state index in [4.69, 9.17) is 29.0 Å². The van der Waals surface area contributed by atoms with Crippen LogP contribution in [0, 0.1) is 5.82 Å². The number of hydrogen-bond acceptors (Lipinski definition) is 4. The third-order valence-electron chi connectivity index (χ3n) is 2.48. The molecule has 1 aromatic heterocycles. The molecule has 110 valence electrons. The summed E-state index contributed by atoms with van der Waals surface area (Å²) >= 11 is 14.5. The molecule has 0 bridgehead atoms. The van der Waals surface area contributed by atoms with Crippen molar-refractivity contribution < 1.29 is 9.18 Å². The lowest BCUT2D eigenvalue weighted by molar-refractivity contribution is 0.102.